The van der Waals surface area contributed by atoms with E-state index in [9.17, 15) is 9.59 Å². The van der Waals surface area contributed by atoms with Crippen LogP contribution in [0.15, 0.2) is 59.5 Å². The molecule has 0 aromatic heterocycles. The molecule has 0 bridgehead atoms. The molecule has 28 heavy (non-hydrogen) atoms. The summed E-state index contributed by atoms with van der Waals surface area (Å²) in [4.78, 5) is 30.2. The Kier molecular flexibility index (Phi) is 5.69. The molecule has 1 atom stereocenters. The monoisotopic (exact) mass is 395 g/mol. The lowest BCUT2D eigenvalue weighted by molar-refractivity contribution is -0.123. The van der Waals surface area contributed by atoms with Gasteiger partial charge < -0.3 is 10.2 Å². The zero-order valence-electron chi connectivity index (χ0n) is 16.0. The molecule has 2 aromatic carbocycles. The van der Waals surface area contributed by atoms with Crippen molar-refractivity contribution in [1.29, 1.82) is 0 Å². The van der Waals surface area contributed by atoms with E-state index in [0.717, 1.165) is 34.7 Å². The van der Waals surface area contributed by atoms with Gasteiger partial charge in [0.1, 0.15) is 0 Å². The third-order valence-corrected chi connectivity index (χ3v) is 6.19. The fourth-order valence-electron chi connectivity index (χ4n) is 3.53. The second kappa shape index (κ2) is 8.37. The lowest BCUT2D eigenvalue weighted by Gasteiger charge is -2.38. The molecule has 1 aliphatic carbocycles. The predicted molar refractivity (Wildman–Crippen MR) is 112 cm³/mol. The second-order valence-electron chi connectivity index (χ2n) is 7.48. The van der Waals surface area contributed by atoms with Gasteiger partial charge in [-0.15, -0.1) is 11.8 Å². The highest BCUT2D eigenvalue weighted by molar-refractivity contribution is 7.99. The Balaban J connectivity index is 1.52. The number of nitrogens with one attached hydrogen (secondary N) is 1. The van der Waals surface area contributed by atoms with E-state index in [2.05, 4.69) is 23.5 Å². The van der Waals surface area contributed by atoms with Gasteiger partial charge >= 0.3 is 0 Å². The van der Waals surface area contributed by atoms with Crippen LogP contribution < -0.4 is 10.2 Å². The molecule has 6 heteroatoms. The Morgan fingerprint density at radius 1 is 1.07 bits per heavy atom. The van der Waals surface area contributed by atoms with Gasteiger partial charge in [-0.2, -0.15) is 0 Å². The number of para-hydroxylation sites is 1. The van der Waals surface area contributed by atoms with Crippen molar-refractivity contribution in [2.45, 2.75) is 29.8 Å². The van der Waals surface area contributed by atoms with Gasteiger partial charge in [-0.1, -0.05) is 42.5 Å². The second-order valence-corrected chi connectivity index (χ2v) is 8.54. The Hall–Kier alpha value is -2.31. The summed E-state index contributed by atoms with van der Waals surface area (Å²) in [5.41, 5.74) is 2.08. The molecule has 1 heterocycles. The fraction of sp³-hybridized carbons (Fsp3) is 0.364. The number of anilines is 1. The first-order valence-corrected chi connectivity index (χ1v) is 10.7. The van der Waals surface area contributed by atoms with Gasteiger partial charge in [0.05, 0.1) is 24.8 Å². The molecule has 1 saturated carbocycles. The summed E-state index contributed by atoms with van der Waals surface area (Å²) in [6.07, 6.45) is 2.13. The third kappa shape index (κ3) is 4.39. The molecule has 2 aromatic rings. The lowest BCUT2D eigenvalue weighted by Crippen LogP contribution is -2.46. The highest BCUT2D eigenvalue weighted by Gasteiger charge is 2.33. The standard InChI is InChI=1S/C22H25N3O2S/c1-24(13-21(26)23-17-11-12-17)14-22(27)25-18-9-5-6-10-20(18)28-15-19(25)16-7-3-2-4-8-16/h2-10,17,19H,11-15H2,1H3,(H,23,26)/t19-/m1/s1. The maximum atomic E-state index is 13.3. The van der Waals surface area contributed by atoms with Crippen LogP contribution in [-0.2, 0) is 9.59 Å². The first-order chi connectivity index (χ1) is 13.6. The maximum absolute atomic E-state index is 13.3. The van der Waals surface area contributed by atoms with Gasteiger partial charge in [0.2, 0.25) is 11.8 Å². The average molecular weight is 396 g/mol. The normalized spacial score (nSPS) is 18.6. The molecular formula is C22H25N3O2S. The van der Waals surface area contributed by atoms with Crippen molar-refractivity contribution in [3.8, 4) is 0 Å². The van der Waals surface area contributed by atoms with E-state index >= 15 is 0 Å². The molecule has 5 nitrogen and oxygen atoms in total. The highest BCUT2D eigenvalue weighted by Crippen LogP contribution is 2.43. The van der Waals surface area contributed by atoms with Crippen LogP contribution in [0, 0.1) is 0 Å². The van der Waals surface area contributed by atoms with Gasteiger partial charge in [0.15, 0.2) is 0 Å². The van der Waals surface area contributed by atoms with Gasteiger partial charge in [-0.05, 0) is 37.6 Å². The maximum Gasteiger partial charge on any atom is 0.241 e. The molecule has 1 N–H and O–H groups in total. The van der Waals surface area contributed by atoms with Crippen LogP contribution in [0.2, 0.25) is 0 Å². The number of benzene rings is 2. The Morgan fingerprint density at radius 2 is 1.79 bits per heavy atom. The molecular weight excluding hydrogens is 370 g/mol. The fourth-order valence-corrected chi connectivity index (χ4v) is 4.70. The van der Waals surface area contributed by atoms with E-state index in [0.29, 0.717) is 6.04 Å². The van der Waals surface area contributed by atoms with Crippen LogP contribution in [0.1, 0.15) is 24.4 Å². The number of nitrogens with zero attached hydrogens (tertiary/aromatic N) is 2. The molecule has 0 spiro atoms. The smallest absolute Gasteiger partial charge is 0.241 e. The van der Waals surface area contributed by atoms with Crippen LogP contribution >= 0.6 is 11.8 Å². The van der Waals surface area contributed by atoms with E-state index in [1.807, 2.05) is 48.3 Å². The van der Waals surface area contributed by atoms with E-state index in [1.165, 1.54) is 0 Å². The minimum Gasteiger partial charge on any atom is -0.352 e. The van der Waals surface area contributed by atoms with Crippen LogP contribution in [0.5, 0.6) is 0 Å². The van der Waals surface area contributed by atoms with Crippen molar-refractivity contribution in [1.82, 2.24) is 10.2 Å². The van der Waals surface area contributed by atoms with E-state index in [4.69, 9.17) is 0 Å². The molecule has 1 fully saturated rings. The zero-order valence-corrected chi connectivity index (χ0v) is 16.8. The van der Waals surface area contributed by atoms with Gasteiger partial charge in [-0.3, -0.25) is 14.5 Å². The summed E-state index contributed by atoms with van der Waals surface area (Å²) < 4.78 is 0. The highest BCUT2D eigenvalue weighted by atomic mass is 32.2. The van der Waals surface area contributed by atoms with Crippen molar-refractivity contribution in [3.63, 3.8) is 0 Å². The first kappa shape index (κ1) is 19.0. The van der Waals surface area contributed by atoms with Crippen LogP contribution in [0.3, 0.4) is 0 Å². The quantitative estimate of drug-likeness (QED) is 0.817. The number of hydrogen-bond donors (Lipinski definition) is 1. The average Bonchev–Trinajstić information content (AvgIpc) is 3.51. The van der Waals surface area contributed by atoms with Gasteiger partial charge in [-0.25, -0.2) is 0 Å². The zero-order chi connectivity index (χ0) is 19.5. The van der Waals surface area contributed by atoms with E-state index in [-0.39, 0.29) is 30.9 Å². The van der Waals surface area contributed by atoms with Crippen molar-refractivity contribution < 1.29 is 9.59 Å². The Morgan fingerprint density at radius 3 is 2.54 bits per heavy atom. The minimum atomic E-state index is -0.0118. The van der Waals surface area contributed by atoms with Crippen LogP contribution in [-0.4, -0.2) is 48.6 Å². The van der Waals surface area contributed by atoms with Crippen molar-refractivity contribution in [2.75, 3.05) is 30.8 Å². The predicted octanol–water partition coefficient (Wildman–Crippen LogP) is 3.08. The Bertz CT molecular complexity index is 854. The molecule has 1 aliphatic heterocycles. The molecule has 0 unspecified atom stereocenters. The number of fused-ring (bicyclic) bond motifs is 1. The lowest BCUT2D eigenvalue weighted by atomic mass is 10.1. The van der Waals surface area contributed by atoms with E-state index in [1.54, 1.807) is 16.7 Å². The molecule has 2 amide bonds. The summed E-state index contributed by atoms with van der Waals surface area (Å²) in [5, 5.41) is 2.98. The third-order valence-electron chi connectivity index (χ3n) is 5.05. The van der Waals surface area contributed by atoms with E-state index < -0.39 is 0 Å². The minimum absolute atomic E-state index is 0.00740. The van der Waals surface area contributed by atoms with Crippen molar-refractivity contribution in [3.05, 3.63) is 60.2 Å². The van der Waals surface area contributed by atoms with Gasteiger partial charge in [0, 0.05) is 16.7 Å². The summed E-state index contributed by atoms with van der Waals surface area (Å²) in [6, 6.07) is 18.5. The number of hydrogen-bond acceptors (Lipinski definition) is 4. The molecule has 0 saturated heterocycles. The molecule has 146 valence electrons. The van der Waals surface area contributed by atoms with Crippen molar-refractivity contribution >= 4 is 29.3 Å². The van der Waals surface area contributed by atoms with Gasteiger partial charge in [0.25, 0.3) is 0 Å². The molecule has 2 aliphatic rings. The van der Waals surface area contributed by atoms with Crippen molar-refractivity contribution in [2.24, 2.45) is 0 Å². The largest absolute Gasteiger partial charge is 0.352 e. The number of rotatable bonds is 6. The number of amides is 2. The first-order valence-electron chi connectivity index (χ1n) is 9.68. The number of carbonyl (C=O) groups is 2. The number of likely N-dealkylation sites (N-methyl/N-ethyl adjacent to an activating group) is 1. The number of carbonyl (C=O) groups excluding carboxylic acids is 2. The summed E-state index contributed by atoms with van der Waals surface area (Å²) in [7, 11) is 1.83. The number of thioether (sulfide) groups is 1. The summed E-state index contributed by atoms with van der Waals surface area (Å²) in [5.74, 6) is 0.828. The summed E-state index contributed by atoms with van der Waals surface area (Å²) >= 11 is 1.78. The molecule has 4 rings (SSSR count). The van der Waals surface area contributed by atoms with Crippen LogP contribution in [0.25, 0.3) is 0 Å². The topological polar surface area (TPSA) is 52.7 Å². The van der Waals surface area contributed by atoms with Crippen LogP contribution in [0.4, 0.5) is 5.69 Å². The SMILES string of the molecule is CN(CC(=O)NC1CC1)CC(=O)N1c2ccccc2SC[C@@H]1c1ccccc1. The summed E-state index contributed by atoms with van der Waals surface area (Å²) in [6.45, 7) is 0.447. The molecule has 0 radical (unpaired) electrons. The Labute approximate surface area is 170 Å².